The molecule has 8 nitrogen and oxygen atoms in total. The van der Waals surface area contributed by atoms with Crippen LogP contribution < -0.4 is 16.6 Å². The zero-order valence-electron chi connectivity index (χ0n) is 16.5. The molecule has 9 heteroatoms. The lowest BCUT2D eigenvalue weighted by Gasteiger charge is -2.11. The molecule has 0 aliphatic carbocycles. The summed E-state index contributed by atoms with van der Waals surface area (Å²) in [5.41, 5.74) is 0.0840. The fourth-order valence-corrected chi connectivity index (χ4v) is 3.37. The van der Waals surface area contributed by atoms with Crippen molar-refractivity contribution in [1.82, 2.24) is 18.7 Å². The Morgan fingerprint density at radius 3 is 2.50 bits per heavy atom. The van der Waals surface area contributed by atoms with Gasteiger partial charge in [-0.1, -0.05) is 26.0 Å². The fourth-order valence-electron chi connectivity index (χ4n) is 3.37. The molecule has 0 aliphatic heterocycles. The first kappa shape index (κ1) is 19.6. The molecule has 4 rings (SSSR count). The van der Waals surface area contributed by atoms with E-state index in [4.69, 9.17) is 0 Å². The number of anilines is 1. The van der Waals surface area contributed by atoms with Crippen molar-refractivity contribution in [3.05, 3.63) is 75.2 Å². The Bertz CT molecular complexity index is 1370. The summed E-state index contributed by atoms with van der Waals surface area (Å²) in [7, 11) is 0. The number of hydrogen-bond donors (Lipinski definition) is 1. The van der Waals surface area contributed by atoms with Gasteiger partial charge in [0.15, 0.2) is 0 Å². The zero-order chi connectivity index (χ0) is 21.4. The molecule has 1 amide bonds. The number of carbonyl (C=O) groups is 1. The van der Waals surface area contributed by atoms with Gasteiger partial charge in [0.2, 0.25) is 11.7 Å². The molecule has 0 fully saturated rings. The Labute approximate surface area is 170 Å². The summed E-state index contributed by atoms with van der Waals surface area (Å²) in [6.07, 6.45) is 0. The van der Waals surface area contributed by atoms with Gasteiger partial charge in [-0.2, -0.15) is 0 Å². The van der Waals surface area contributed by atoms with E-state index in [-0.39, 0.29) is 23.8 Å². The lowest BCUT2D eigenvalue weighted by atomic mass is 10.2. The predicted molar refractivity (Wildman–Crippen MR) is 111 cm³/mol. The number of para-hydroxylation sites is 1. The topological polar surface area (TPSA) is 90.4 Å². The third-order valence-corrected chi connectivity index (χ3v) is 4.65. The third kappa shape index (κ3) is 3.49. The summed E-state index contributed by atoms with van der Waals surface area (Å²) in [5, 5.41) is 7.29. The lowest BCUT2D eigenvalue weighted by molar-refractivity contribution is -0.117. The number of nitrogens with one attached hydrogen (secondary N) is 1. The SMILES string of the molecule is CC(C)Cn1c(=O)c2ccccc2n2c(=O)n(CC(=O)Nc3ccc(F)cc3)nc12. The number of benzene rings is 2. The van der Waals surface area contributed by atoms with Crippen molar-refractivity contribution in [2.45, 2.75) is 26.9 Å². The summed E-state index contributed by atoms with van der Waals surface area (Å²) < 4.78 is 16.9. The van der Waals surface area contributed by atoms with E-state index in [1.54, 1.807) is 24.3 Å². The minimum absolute atomic E-state index is 0.148. The minimum atomic E-state index is -0.520. The van der Waals surface area contributed by atoms with Gasteiger partial charge < -0.3 is 5.32 Å². The molecule has 0 spiro atoms. The molecule has 4 aromatic rings. The number of halogens is 1. The van der Waals surface area contributed by atoms with E-state index in [0.29, 0.717) is 23.1 Å². The molecule has 0 saturated carbocycles. The van der Waals surface area contributed by atoms with Crippen LogP contribution in [0.2, 0.25) is 0 Å². The van der Waals surface area contributed by atoms with Gasteiger partial charge in [-0.3, -0.25) is 14.2 Å². The molecule has 154 valence electrons. The van der Waals surface area contributed by atoms with Gasteiger partial charge in [0.05, 0.1) is 10.9 Å². The number of fused-ring (bicyclic) bond motifs is 3. The Morgan fingerprint density at radius 2 is 1.80 bits per heavy atom. The van der Waals surface area contributed by atoms with Crippen LogP contribution in [0.4, 0.5) is 10.1 Å². The van der Waals surface area contributed by atoms with Crippen molar-refractivity contribution < 1.29 is 9.18 Å². The molecular weight excluding hydrogens is 389 g/mol. The standard InChI is InChI=1S/C21H20FN5O3/c1-13(2)11-25-19(29)16-5-3-4-6-17(16)27-20(25)24-26(21(27)30)12-18(28)23-15-9-7-14(22)8-10-15/h3-10,13H,11-12H2,1-2H3,(H,23,28). The fraction of sp³-hybridized carbons (Fsp3) is 0.238. The van der Waals surface area contributed by atoms with Crippen molar-refractivity contribution in [3.8, 4) is 0 Å². The normalized spacial score (nSPS) is 11.5. The second kappa shape index (κ2) is 7.58. The quantitative estimate of drug-likeness (QED) is 0.547. The number of amides is 1. The molecule has 2 aromatic heterocycles. The summed E-state index contributed by atoms with van der Waals surface area (Å²) >= 11 is 0. The van der Waals surface area contributed by atoms with Crippen molar-refractivity contribution in [2.24, 2.45) is 5.92 Å². The molecule has 2 aromatic carbocycles. The Kier molecular flexibility index (Phi) is 4.94. The first-order valence-corrected chi connectivity index (χ1v) is 9.51. The van der Waals surface area contributed by atoms with Crippen LogP contribution in [0.3, 0.4) is 0 Å². The molecule has 0 radical (unpaired) electrons. The van der Waals surface area contributed by atoms with Crippen LogP contribution in [0.5, 0.6) is 0 Å². The second-order valence-electron chi connectivity index (χ2n) is 7.46. The van der Waals surface area contributed by atoms with E-state index in [2.05, 4.69) is 10.4 Å². The highest BCUT2D eigenvalue weighted by Crippen LogP contribution is 2.12. The molecule has 2 heterocycles. The minimum Gasteiger partial charge on any atom is -0.324 e. The van der Waals surface area contributed by atoms with Gasteiger partial charge in [0.1, 0.15) is 12.4 Å². The van der Waals surface area contributed by atoms with E-state index in [9.17, 15) is 18.8 Å². The third-order valence-electron chi connectivity index (χ3n) is 4.65. The maximum Gasteiger partial charge on any atom is 0.352 e. The highest BCUT2D eigenvalue weighted by molar-refractivity contribution is 5.90. The van der Waals surface area contributed by atoms with Crippen LogP contribution in [0.15, 0.2) is 58.1 Å². The van der Waals surface area contributed by atoms with Crippen molar-refractivity contribution in [1.29, 1.82) is 0 Å². The summed E-state index contributed by atoms with van der Waals surface area (Å²) in [4.78, 5) is 38.4. The predicted octanol–water partition coefficient (Wildman–Crippen LogP) is 2.24. The first-order chi connectivity index (χ1) is 14.3. The molecule has 1 N–H and O–H groups in total. The second-order valence-corrected chi connectivity index (χ2v) is 7.46. The van der Waals surface area contributed by atoms with E-state index < -0.39 is 17.4 Å². The molecule has 0 unspecified atom stereocenters. The van der Waals surface area contributed by atoms with Crippen LogP contribution in [-0.4, -0.2) is 24.7 Å². The largest absolute Gasteiger partial charge is 0.352 e. The van der Waals surface area contributed by atoms with Crippen molar-refractivity contribution in [2.75, 3.05) is 5.32 Å². The maximum atomic E-state index is 13.0. The Morgan fingerprint density at radius 1 is 1.10 bits per heavy atom. The average Bonchev–Trinajstić information content (AvgIpc) is 3.03. The van der Waals surface area contributed by atoms with Gasteiger partial charge in [-0.05, 0) is 42.3 Å². The zero-order valence-corrected chi connectivity index (χ0v) is 16.5. The monoisotopic (exact) mass is 409 g/mol. The van der Waals surface area contributed by atoms with E-state index in [0.717, 1.165) is 4.68 Å². The van der Waals surface area contributed by atoms with Crippen LogP contribution in [0.25, 0.3) is 16.7 Å². The number of hydrogen-bond acceptors (Lipinski definition) is 4. The van der Waals surface area contributed by atoms with Crippen molar-refractivity contribution >= 4 is 28.3 Å². The Balaban J connectivity index is 1.80. The lowest BCUT2D eigenvalue weighted by Crippen LogP contribution is -2.29. The highest BCUT2D eigenvalue weighted by atomic mass is 19.1. The van der Waals surface area contributed by atoms with E-state index >= 15 is 0 Å². The first-order valence-electron chi connectivity index (χ1n) is 9.51. The van der Waals surface area contributed by atoms with E-state index in [1.165, 1.54) is 33.2 Å². The number of rotatable bonds is 5. The smallest absolute Gasteiger partial charge is 0.324 e. The summed E-state index contributed by atoms with van der Waals surface area (Å²) in [6.45, 7) is 3.96. The number of aromatic nitrogens is 4. The van der Waals surface area contributed by atoms with E-state index in [1.807, 2.05) is 13.8 Å². The molecule has 0 aliphatic rings. The van der Waals surface area contributed by atoms with Gasteiger partial charge in [-0.15, -0.1) is 5.10 Å². The van der Waals surface area contributed by atoms with Crippen molar-refractivity contribution in [3.63, 3.8) is 0 Å². The number of nitrogens with zero attached hydrogens (tertiary/aromatic N) is 4. The summed E-state index contributed by atoms with van der Waals surface area (Å²) in [6, 6.07) is 12.1. The molecule has 0 saturated heterocycles. The highest BCUT2D eigenvalue weighted by Gasteiger charge is 2.19. The van der Waals surface area contributed by atoms with Crippen LogP contribution in [0, 0.1) is 11.7 Å². The van der Waals surface area contributed by atoms with Crippen LogP contribution >= 0.6 is 0 Å². The summed E-state index contributed by atoms with van der Waals surface area (Å²) in [5.74, 6) is -0.574. The van der Waals surface area contributed by atoms with Gasteiger partial charge in [-0.25, -0.2) is 18.3 Å². The van der Waals surface area contributed by atoms with Crippen LogP contribution in [-0.2, 0) is 17.9 Å². The van der Waals surface area contributed by atoms with Gasteiger partial charge in [0.25, 0.3) is 5.56 Å². The van der Waals surface area contributed by atoms with Gasteiger partial charge in [0, 0.05) is 12.2 Å². The molecule has 30 heavy (non-hydrogen) atoms. The Hall–Kier alpha value is -3.75. The number of carbonyl (C=O) groups excluding carboxylic acids is 1. The van der Waals surface area contributed by atoms with Crippen LogP contribution in [0.1, 0.15) is 13.8 Å². The van der Waals surface area contributed by atoms with Gasteiger partial charge >= 0.3 is 5.69 Å². The molecule has 0 bridgehead atoms. The molecule has 0 atom stereocenters. The molecular formula is C21H20FN5O3. The maximum absolute atomic E-state index is 13.0. The average molecular weight is 409 g/mol.